The van der Waals surface area contributed by atoms with E-state index in [1.54, 1.807) is 7.05 Å². The van der Waals surface area contributed by atoms with Crippen molar-refractivity contribution in [3.05, 3.63) is 0 Å². The number of halogens is 1. The van der Waals surface area contributed by atoms with Gasteiger partial charge in [-0.3, -0.25) is 9.79 Å². The number of rotatable bonds is 10. The second kappa shape index (κ2) is 13.0. The summed E-state index contributed by atoms with van der Waals surface area (Å²) in [4.78, 5) is 15.7. The summed E-state index contributed by atoms with van der Waals surface area (Å²) in [5, 5.41) is 9.57. The van der Waals surface area contributed by atoms with E-state index in [2.05, 4.69) is 34.8 Å². The van der Waals surface area contributed by atoms with Gasteiger partial charge in [0, 0.05) is 32.6 Å². The van der Waals surface area contributed by atoms with Crippen molar-refractivity contribution in [3.63, 3.8) is 0 Å². The Balaban J connectivity index is 0.00000441. The van der Waals surface area contributed by atoms with E-state index in [1.165, 1.54) is 25.7 Å². The van der Waals surface area contributed by atoms with Crippen molar-refractivity contribution in [2.45, 2.75) is 52.4 Å². The van der Waals surface area contributed by atoms with Crippen molar-refractivity contribution in [2.75, 3.05) is 26.7 Å². The highest BCUT2D eigenvalue weighted by Crippen LogP contribution is 2.28. The molecule has 6 heteroatoms. The predicted octanol–water partition coefficient (Wildman–Crippen LogP) is 2.51. The van der Waals surface area contributed by atoms with E-state index < -0.39 is 0 Å². The van der Waals surface area contributed by atoms with Gasteiger partial charge in [-0.15, -0.1) is 24.0 Å². The van der Waals surface area contributed by atoms with Crippen molar-refractivity contribution >= 4 is 35.8 Å². The van der Waals surface area contributed by atoms with Gasteiger partial charge in [-0.1, -0.05) is 33.1 Å². The zero-order valence-electron chi connectivity index (χ0n) is 14.3. The zero-order valence-corrected chi connectivity index (χ0v) is 16.6. The summed E-state index contributed by atoms with van der Waals surface area (Å²) >= 11 is 0. The molecule has 1 rings (SSSR count). The van der Waals surface area contributed by atoms with Crippen LogP contribution in [0, 0.1) is 11.8 Å². The zero-order chi connectivity index (χ0) is 15.5. The third-order valence-electron chi connectivity index (χ3n) is 3.99. The van der Waals surface area contributed by atoms with Crippen molar-refractivity contribution in [3.8, 4) is 0 Å². The third kappa shape index (κ3) is 9.48. The lowest BCUT2D eigenvalue weighted by Crippen LogP contribution is -2.43. The van der Waals surface area contributed by atoms with Crippen LogP contribution >= 0.6 is 24.0 Å². The molecule has 3 N–H and O–H groups in total. The Labute approximate surface area is 152 Å². The van der Waals surface area contributed by atoms with Crippen LogP contribution in [0.2, 0.25) is 0 Å². The van der Waals surface area contributed by atoms with E-state index in [4.69, 9.17) is 0 Å². The van der Waals surface area contributed by atoms with Crippen molar-refractivity contribution in [1.82, 2.24) is 16.0 Å². The molecule has 1 fully saturated rings. The number of hydrogen-bond donors (Lipinski definition) is 3. The number of nitrogens with zero attached hydrogens (tertiary/aromatic N) is 1. The molecular weight excluding hydrogens is 391 g/mol. The van der Waals surface area contributed by atoms with Gasteiger partial charge in [0.15, 0.2) is 5.96 Å². The largest absolute Gasteiger partial charge is 0.356 e. The van der Waals surface area contributed by atoms with E-state index in [0.717, 1.165) is 25.3 Å². The summed E-state index contributed by atoms with van der Waals surface area (Å²) in [7, 11) is 1.78. The number of carbonyl (C=O) groups is 1. The van der Waals surface area contributed by atoms with Crippen molar-refractivity contribution in [1.29, 1.82) is 0 Å². The van der Waals surface area contributed by atoms with Crippen LogP contribution in [0.5, 0.6) is 0 Å². The summed E-state index contributed by atoms with van der Waals surface area (Å²) in [5.41, 5.74) is 0. The van der Waals surface area contributed by atoms with Crippen molar-refractivity contribution in [2.24, 2.45) is 16.8 Å². The maximum absolute atomic E-state index is 11.5. The van der Waals surface area contributed by atoms with E-state index in [9.17, 15) is 4.79 Å². The lowest BCUT2D eigenvalue weighted by atomic mass is 9.99. The second-order valence-corrected chi connectivity index (χ2v) is 5.86. The number of aliphatic imine (C=N–C) groups is 1. The lowest BCUT2D eigenvalue weighted by molar-refractivity contribution is -0.122. The highest BCUT2D eigenvalue weighted by atomic mass is 127. The summed E-state index contributed by atoms with van der Waals surface area (Å²) < 4.78 is 0. The first-order valence-corrected chi connectivity index (χ1v) is 8.43. The summed E-state index contributed by atoms with van der Waals surface area (Å²) in [5.74, 6) is 2.01. The van der Waals surface area contributed by atoms with Gasteiger partial charge in [-0.2, -0.15) is 0 Å². The highest BCUT2D eigenvalue weighted by molar-refractivity contribution is 14.0. The Morgan fingerprint density at radius 2 is 1.86 bits per heavy atom. The van der Waals surface area contributed by atoms with Crippen LogP contribution in [0.4, 0.5) is 0 Å². The molecule has 1 amide bonds. The van der Waals surface area contributed by atoms with Crippen LogP contribution in [-0.2, 0) is 4.79 Å². The van der Waals surface area contributed by atoms with E-state index in [-0.39, 0.29) is 35.8 Å². The van der Waals surface area contributed by atoms with Crippen LogP contribution in [-0.4, -0.2) is 38.5 Å². The maximum atomic E-state index is 11.5. The average Bonchev–Trinajstić information content (AvgIpc) is 3.33. The standard InChI is InChI=1S/C16H32N4O.HI/c1-4-6-7-13(5-2)12-20-16(17-3)19-11-10-18-15(21)14-8-9-14;/h13-14H,4-12H2,1-3H3,(H,18,21)(H2,17,19,20);1H. The normalized spacial score (nSPS) is 15.7. The number of hydrogen-bond acceptors (Lipinski definition) is 2. The Morgan fingerprint density at radius 1 is 1.18 bits per heavy atom. The fourth-order valence-corrected chi connectivity index (χ4v) is 2.26. The molecule has 1 aliphatic rings. The molecule has 0 saturated heterocycles. The monoisotopic (exact) mass is 424 g/mol. The Kier molecular flexibility index (Phi) is 12.6. The average molecular weight is 424 g/mol. The molecule has 0 aliphatic heterocycles. The molecule has 5 nitrogen and oxygen atoms in total. The van der Waals surface area contributed by atoms with Gasteiger partial charge < -0.3 is 16.0 Å². The van der Waals surface area contributed by atoms with Crippen LogP contribution in [0.1, 0.15) is 52.4 Å². The topological polar surface area (TPSA) is 65.5 Å². The molecule has 0 bridgehead atoms. The van der Waals surface area contributed by atoms with Gasteiger partial charge in [0.1, 0.15) is 0 Å². The van der Waals surface area contributed by atoms with Gasteiger partial charge >= 0.3 is 0 Å². The fourth-order valence-electron chi connectivity index (χ4n) is 2.26. The molecule has 1 aliphatic carbocycles. The van der Waals surface area contributed by atoms with Gasteiger partial charge in [0.25, 0.3) is 0 Å². The van der Waals surface area contributed by atoms with Gasteiger partial charge in [0.05, 0.1) is 0 Å². The number of nitrogens with one attached hydrogen (secondary N) is 3. The van der Waals surface area contributed by atoms with Crippen LogP contribution in [0.3, 0.4) is 0 Å². The molecule has 22 heavy (non-hydrogen) atoms. The Bertz CT molecular complexity index is 332. The molecule has 0 aromatic carbocycles. The molecule has 1 unspecified atom stereocenters. The van der Waals surface area contributed by atoms with E-state index >= 15 is 0 Å². The minimum Gasteiger partial charge on any atom is -0.356 e. The number of guanidine groups is 1. The first-order valence-electron chi connectivity index (χ1n) is 8.43. The first-order chi connectivity index (χ1) is 10.2. The molecule has 130 valence electrons. The van der Waals surface area contributed by atoms with Crippen LogP contribution < -0.4 is 16.0 Å². The Morgan fingerprint density at radius 3 is 2.41 bits per heavy atom. The van der Waals surface area contributed by atoms with Gasteiger partial charge in [0.2, 0.25) is 5.91 Å². The molecular formula is C16H33IN4O. The summed E-state index contributed by atoms with van der Waals surface area (Å²) in [6.07, 6.45) is 7.12. The maximum Gasteiger partial charge on any atom is 0.223 e. The minimum atomic E-state index is 0. The smallest absolute Gasteiger partial charge is 0.223 e. The first kappa shape index (κ1) is 21.5. The molecule has 0 aromatic heterocycles. The molecule has 0 heterocycles. The number of unbranched alkanes of at least 4 members (excludes halogenated alkanes) is 1. The number of carbonyl (C=O) groups excluding carboxylic acids is 1. The summed E-state index contributed by atoms with van der Waals surface area (Å²) in [6.45, 7) is 6.81. The molecule has 0 aromatic rings. The van der Waals surface area contributed by atoms with Crippen molar-refractivity contribution < 1.29 is 4.79 Å². The molecule has 1 atom stereocenters. The summed E-state index contributed by atoms with van der Waals surface area (Å²) in [6, 6.07) is 0. The van der Waals surface area contributed by atoms with E-state index in [1.807, 2.05) is 0 Å². The number of amides is 1. The lowest BCUT2D eigenvalue weighted by Gasteiger charge is -2.18. The van der Waals surface area contributed by atoms with Crippen LogP contribution in [0.15, 0.2) is 4.99 Å². The second-order valence-electron chi connectivity index (χ2n) is 5.86. The quantitative estimate of drug-likeness (QED) is 0.219. The Hall–Kier alpha value is -0.530. The highest BCUT2D eigenvalue weighted by Gasteiger charge is 2.28. The third-order valence-corrected chi connectivity index (χ3v) is 3.99. The van der Waals surface area contributed by atoms with Gasteiger partial charge in [-0.25, -0.2) is 0 Å². The predicted molar refractivity (Wildman–Crippen MR) is 104 cm³/mol. The molecule has 1 saturated carbocycles. The van der Waals surface area contributed by atoms with Gasteiger partial charge in [-0.05, 0) is 25.2 Å². The van der Waals surface area contributed by atoms with E-state index in [0.29, 0.717) is 19.0 Å². The molecule has 0 spiro atoms. The SMILES string of the molecule is CCCCC(CC)CNC(=NC)NCCNC(=O)C1CC1.I. The fraction of sp³-hybridized carbons (Fsp3) is 0.875. The minimum absolute atomic E-state index is 0. The molecule has 0 radical (unpaired) electrons. The van der Waals surface area contributed by atoms with Crippen LogP contribution in [0.25, 0.3) is 0 Å².